The van der Waals surface area contributed by atoms with Crippen LogP contribution in [0.1, 0.15) is 41.0 Å². The summed E-state index contributed by atoms with van der Waals surface area (Å²) in [4.78, 5) is 19.8. The lowest BCUT2D eigenvalue weighted by atomic mass is 10.1. The number of hydrogen-bond donors (Lipinski definition) is 1. The molecule has 2 aromatic heterocycles. The van der Waals surface area contributed by atoms with Gasteiger partial charge in [-0.1, -0.05) is 23.4 Å². The van der Waals surface area contributed by atoms with E-state index in [0.717, 1.165) is 49.3 Å². The first-order chi connectivity index (χ1) is 14.2. The normalized spacial score (nSPS) is 16.9. The summed E-state index contributed by atoms with van der Waals surface area (Å²) in [7, 11) is 0. The second-order valence-corrected chi connectivity index (χ2v) is 7.48. The zero-order valence-corrected chi connectivity index (χ0v) is 16.7. The van der Waals surface area contributed by atoms with Crippen molar-refractivity contribution in [2.45, 2.75) is 38.8 Å². The van der Waals surface area contributed by atoms with Crippen LogP contribution in [-0.2, 0) is 6.54 Å². The van der Waals surface area contributed by atoms with Crippen LogP contribution in [0.2, 0.25) is 0 Å². The molecule has 1 aliphatic rings. The van der Waals surface area contributed by atoms with Gasteiger partial charge in [-0.2, -0.15) is 0 Å². The van der Waals surface area contributed by atoms with Gasteiger partial charge in [0.1, 0.15) is 0 Å². The van der Waals surface area contributed by atoms with E-state index in [9.17, 15) is 4.79 Å². The van der Waals surface area contributed by atoms with E-state index in [-0.39, 0.29) is 11.9 Å². The molecular weight excluding hydrogens is 364 g/mol. The molecule has 7 heteroatoms. The SMILES string of the molecule is Cc1cccc(-n2cc(C(=O)N(Cc3ccccn3)C3CCCNCC3)nn2)c1. The Morgan fingerprint density at radius 2 is 2.14 bits per heavy atom. The van der Waals surface area contributed by atoms with Gasteiger partial charge >= 0.3 is 0 Å². The Balaban J connectivity index is 1.60. The van der Waals surface area contributed by atoms with Crippen LogP contribution in [0.15, 0.2) is 54.9 Å². The fourth-order valence-corrected chi connectivity index (χ4v) is 3.75. The second-order valence-electron chi connectivity index (χ2n) is 7.48. The van der Waals surface area contributed by atoms with Gasteiger partial charge in [0.25, 0.3) is 5.91 Å². The molecule has 1 atom stereocenters. The predicted octanol–water partition coefficient (Wildman–Crippen LogP) is 2.76. The lowest BCUT2D eigenvalue weighted by molar-refractivity contribution is 0.0636. The Morgan fingerprint density at radius 1 is 1.21 bits per heavy atom. The van der Waals surface area contributed by atoms with Crippen molar-refractivity contribution < 1.29 is 4.79 Å². The maximum Gasteiger partial charge on any atom is 0.276 e. The number of carbonyl (C=O) groups is 1. The van der Waals surface area contributed by atoms with Gasteiger partial charge in [0, 0.05) is 12.2 Å². The molecule has 0 spiro atoms. The van der Waals surface area contributed by atoms with Crippen molar-refractivity contribution in [3.05, 3.63) is 71.8 Å². The minimum atomic E-state index is -0.0959. The van der Waals surface area contributed by atoms with Crippen molar-refractivity contribution in [1.82, 2.24) is 30.2 Å². The first-order valence-electron chi connectivity index (χ1n) is 10.1. The molecule has 1 N–H and O–H groups in total. The molecule has 1 amide bonds. The molecule has 1 aliphatic heterocycles. The zero-order chi connectivity index (χ0) is 20.1. The number of amides is 1. The lowest BCUT2D eigenvalue weighted by Gasteiger charge is -2.30. The Bertz CT molecular complexity index is 947. The van der Waals surface area contributed by atoms with Gasteiger partial charge in [-0.3, -0.25) is 9.78 Å². The number of aryl methyl sites for hydroxylation is 1. The third-order valence-corrected chi connectivity index (χ3v) is 5.28. The van der Waals surface area contributed by atoms with Crippen molar-refractivity contribution in [2.75, 3.05) is 13.1 Å². The minimum absolute atomic E-state index is 0.0959. The number of carbonyl (C=O) groups excluding carboxylic acids is 1. The van der Waals surface area contributed by atoms with Gasteiger partial charge in [-0.25, -0.2) is 4.68 Å². The Morgan fingerprint density at radius 3 is 2.97 bits per heavy atom. The second kappa shape index (κ2) is 8.96. The first kappa shape index (κ1) is 19.3. The maximum absolute atomic E-state index is 13.4. The van der Waals surface area contributed by atoms with Crippen molar-refractivity contribution in [3.63, 3.8) is 0 Å². The highest BCUT2D eigenvalue weighted by atomic mass is 16.2. The van der Waals surface area contributed by atoms with Crippen LogP contribution in [0.3, 0.4) is 0 Å². The first-order valence-corrected chi connectivity index (χ1v) is 10.1. The summed E-state index contributed by atoms with van der Waals surface area (Å²) in [6, 6.07) is 13.9. The molecule has 1 unspecified atom stereocenters. The molecule has 3 aromatic rings. The van der Waals surface area contributed by atoms with Crippen molar-refractivity contribution >= 4 is 5.91 Å². The minimum Gasteiger partial charge on any atom is -0.328 e. The van der Waals surface area contributed by atoms with Gasteiger partial charge in [-0.05, 0) is 69.1 Å². The van der Waals surface area contributed by atoms with Crippen LogP contribution in [-0.4, -0.2) is 49.9 Å². The zero-order valence-electron chi connectivity index (χ0n) is 16.7. The molecule has 1 saturated heterocycles. The van der Waals surface area contributed by atoms with E-state index in [1.165, 1.54) is 0 Å². The van der Waals surface area contributed by atoms with E-state index in [0.29, 0.717) is 12.2 Å². The fourth-order valence-electron chi connectivity index (χ4n) is 3.75. The smallest absolute Gasteiger partial charge is 0.276 e. The molecule has 150 valence electrons. The number of nitrogens with zero attached hydrogens (tertiary/aromatic N) is 5. The average Bonchev–Trinajstić information content (AvgIpc) is 3.09. The van der Waals surface area contributed by atoms with Gasteiger partial charge in [0.2, 0.25) is 0 Å². The quantitative estimate of drug-likeness (QED) is 0.725. The van der Waals surface area contributed by atoms with E-state index < -0.39 is 0 Å². The van der Waals surface area contributed by atoms with Crippen LogP contribution in [0.5, 0.6) is 0 Å². The number of aromatic nitrogens is 4. The summed E-state index contributed by atoms with van der Waals surface area (Å²) >= 11 is 0. The van der Waals surface area contributed by atoms with Crippen LogP contribution in [0, 0.1) is 6.92 Å². The number of rotatable bonds is 5. The largest absolute Gasteiger partial charge is 0.328 e. The number of benzene rings is 1. The Labute approximate surface area is 170 Å². The maximum atomic E-state index is 13.4. The summed E-state index contributed by atoms with van der Waals surface area (Å²) < 4.78 is 1.66. The molecule has 0 saturated carbocycles. The van der Waals surface area contributed by atoms with Crippen LogP contribution in [0.4, 0.5) is 0 Å². The molecule has 4 rings (SSSR count). The Kier molecular flexibility index (Phi) is 5.95. The summed E-state index contributed by atoms with van der Waals surface area (Å²) in [6.07, 6.45) is 6.42. The summed E-state index contributed by atoms with van der Waals surface area (Å²) in [5.74, 6) is -0.0959. The van der Waals surface area contributed by atoms with Crippen molar-refractivity contribution in [3.8, 4) is 5.69 Å². The van der Waals surface area contributed by atoms with Crippen molar-refractivity contribution in [1.29, 1.82) is 0 Å². The van der Waals surface area contributed by atoms with Gasteiger partial charge in [0.05, 0.1) is 24.1 Å². The molecule has 0 radical (unpaired) electrons. The van der Waals surface area contributed by atoms with Gasteiger partial charge in [0.15, 0.2) is 5.69 Å². The molecule has 1 fully saturated rings. The molecule has 29 heavy (non-hydrogen) atoms. The summed E-state index contributed by atoms with van der Waals surface area (Å²) in [5, 5.41) is 11.8. The molecule has 0 aliphatic carbocycles. The van der Waals surface area contributed by atoms with E-state index in [4.69, 9.17) is 0 Å². The van der Waals surface area contributed by atoms with Crippen LogP contribution >= 0.6 is 0 Å². The third-order valence-electron chi connectivity index (χ3n) is 5.28. The van der Waals surface area contributed by atoms with E-state index in [1.807, 2.05) is 54.3 Å². The highest BCUT2D eigenvalue weighted by Gasteiger charge is 2.28. The van der Waals surface area contributed by atoms with E-state index >= 15 is 0 Å². The summed E-state index contributed by atoms with van der Waals surface area (Å²) in [6.45, 7) is 4.40. The van der Waals surface area contributed by atoms with E-state index in [1.54, 1.807) is 17.1 Å². The number of pyridine rings is 1. The topological polar surface area (TPSA) is 75.9 Å². The van der Waals surface area contributed by atoms with Crippen molar-refractivity contribution in [2.24, 2.45) is 0 Å². The van der Waals surface area contributed by atoms with Gasteiger partial charge < -0.3 is 10.2 Å². The lowest BCUT2D eigenvalue weighted by Crippen LogP contribution is -2.40. The molecule has 7 nitrogen and oxygen atoms in total. The van der Waals surface area contributed by atoms with Crippen LogP contribution < -0.4 is 5.32 Å². The molecule has 1 aromatic carbocycles. The molecule has 3 heterocycles. The Hall–Kier alpha value is -3.06. The number of nitrogens with one attached hydrogen (secondary N) is 1. The highest BCUT2D eigenvalue weighted by Crippen LogP contribution is 2.19. The fraction of sp³-hybridized carbons (Fsp3) is 0.364. The monoisotopic (exact) mass is 390 g/mol. The standard InChI is InChI=1S/C22H26N6O/c1-17-6-4-8-20(14-17)28-16-21(25-26-28)22(29)27(15-18-7-2-3-12-24-18)19-9-5-11-23-13-10-19/h2-4,6-8,12,14,16,19,23H,5,9-11,13,15H2,1H3. The third kappa shape index (κ3) is 4.68. The average molecular weight is 390 g/mol. The van der Waals surface area contributed by atoms with Crippen LogP contribution in [0.25, 0.3) is 5.69 Å². The molecular formula is C22H26N6O. The van der Waals surface area contributed by atoms with Gasteiger partial charge in [-0.15, -0.1) is 5.10 Å². The van der Waals surface area contributed by atoms with E-state index in [2.05, 4.69) is 20.6 Å². The molecule has 0 bridgehead atoms. The predicted molar refractivity (Wildman–Crippen MR) is 111 cm³/mol. The highest BCUT2D eigenvalue weighted by molar-refractivity contribution is 5.92. The summed E-state index contributed by atoms with van der Waals surface area (Å²) in [5.41, 5.74) is 3.27. The number of hydrogen-bond acceptors (Lipinski definition) is 5.